The van der Waals surface area contributed by atoms with Crippen molar-refractivity contribution < 1.29 is 17.6 Å². The molecule has 2 N–H and O–H groups in total. The molecule has 0 bridgehead atoms. The number of rotatable bonds is 5. The predicted octanol–water partition coefficient (Wildman–Crippen LogP) is 4.23. The summed E-state index contributed by atoms with van der Waals surface area (Å²) in [5.74, 6) is -0.995. The van der Waals surface area contributed by atoms with E-state index in [0.29, 0.717) is 22.5 Å². The van der Waals surface area contributed by atoms with E-state index in [2.05, 4.69) is 15.3 Å². The molecule has 0 aliphatic carbocycles. The molecule has 1 aromatic carbocycles. The number of hydrogen-bond acceptors (Lipinski definition) is 4. The Morgan fingerprint density at radius 3 is 2.38 bits per heavy atom. The summed E-state index contributed by atoms with van der Waals surface area (Å²) < 4.78 is 54.2. The number of H-pyrrole nitrogens is 1. The zero-order valence-electron chi connectivity index (χ0n) is 17.3. The molecule has 3 heterocycles. The second kappa shape index (κ2) is 8.22. The van der Waals surface area contributed by atoms with Crippen LogP contribution in [-0.2, 0) is 12.0 Å². The van der Waals surface area contributed by atoms with Gasteiger partial charge in [0.2, 0.25) is 0 Å². The van der Waals surface area contributed by atoms with Crippen molar-refractivity contribution in [3.8, 4) is 0 Å². The van der Waals surface area contributed by atoms with Crippen molar-refractivity contribution in [3.05, 3.63) is 98.7 Å². The third-order valence-corrected chi connectivity index (χ3v) is 5.75. The summed E-state index contributed by atoms with van der Waals surface area (Å²) in [6.07, 6.45) is 0.250. The number of nitrogens with zero attached hydrogens (tertiary/aromatic N) is 2. The second-order valence-electron chi connectivity index (χ2n) is 7.55. The molecule has 2 atom stereocenters. The molecule has 0 saturated heterocycles. The SMILES string of the molecule is CCc1c(C2=N[C@@](c3ccc(F)cc3)(c3ccc(C(F)F)nc3)[C@H](C)N2)c[nH]c(=O)c1F. The molecule has 0 saturated carbocycles. The van der Waals surface area contributed by atoms with Gasteiger partial charge in [0.15, 0.2) is 5.82 Å². The molecule has 9 heteroatoms. The van der Waals surface area contributed by atoms with Gasteiger partial charge in [0.05, 0.1) is 6.04 Å². The summed E-state index contributed by atoms with van der Waals surface area (Å²) in [4.78, 5) is 22.8. The van der Waals surface area contributed by atoms with Crippen molar-refractivity contribution in [2.75, 3.05) is 0 Å². The van der Waals surface area contributed by atoms with Crippen LogP contribution in [0.4, 0.5) is 17.6 Å². The Balaban J connectivity index is 1.94. The first kappa shape index (κ1) is 21.7. The van der Waals surface area contributed by atoms with Gasteiger partial charge in [0, 0.05) is 29.1 Å². The molecule has 5 nitrogen and oxygen atoms in total. The minimum atomic E-state index is -2.72. The van der Waals surface area contributed by atoms with Crippen molar-refractivity contribution in [1.29, 1.82) is 0 Å². The van der Waals surface area contributed by atoms with Gasteiger partial charge >= 0.3 is 0 Å². The largest absolute Gasteiger partial charge is 0.364 e. The van der Waals surface area contributed by atoms with Gasteiger partial charge in [-0.15, -0.1) is 0 Å². The van der Waals surface area contributed by atoms with Crippen LogP contribution in [-0.4, -0.2) is 21.8 Å². The molecule has 166 valence electrons. The normalized spacial score (nSPS) is 20.3. The number of aromatic nitrogens is 2. The van der Waals surface area contributed by atoms with E-state index in [-0.39, 0.29) is 17.7 Å². The van der Waals surface area contributed by atoms with Crippen molar-refractivity contribution in [2.24, 2.45) is 4.99 Å². The third kappa shape index (κ3) is 3.47. The van der Waals surface area contributed by atoms with Gasteiger partial charge in [0.1, 0.15) is 22.9 Å². The number of aromatic amines is 1. The predicted molar refractivity (Wildman–Crippen MR) is 112 cm³/mol. The summed E-state index contributed by atoms with van der Waals surface area (Å²) in [6.45, 7) is 3.55. The van der Waals surface area contributed by atoms with Gasteiger partial charge in [-0.05, 0) is 37.1 Å². The summed E-state index contributed by atoms with van der Waals surface area (Å²) in [5.41, 5.74) is -0.648. The summed E-state index contributed by atoms with van der Waals surface area (Å²) in [5, 5.41) is 3.22. The highest BCUT2D eigenvalue weighted by Crippen LogP contribution is 2.41. The smallest absolute Gasteiger partial charge is 0.284 e. The molecule has 1 aliphatic heterocycles. The lowest BCUT2D eigenvalue weighted by molar-refractivity contribution is 0.146. The maximum Gasteiger partial charge on any atom is 0.284 e. The maximum absolute atomic E-state index is 14.5. The minimum Gasteiger partial charge on any atom is -0.364 e. The average Bonchev–Trinajstić information content (AvgIpc) is 3.13. The van der Waals surface area contributed by atoms with Crippen LogP contribution in [0, 0.1) is 11.6 Å². The number of hydrogen-bond donors (Lipinski definition) is 2. The standard InChI is InChI=1S/C23H20F4N4O/c1-3-16-17(11-29-22(32)19(16)25)21-30-12(2)23(31-21,13-4-7-15(24)8-5-13)14-6-9-18(20(26)27)28-10-14/h4-12,20H,3H2,1-2H3,(H,29,32)(H,30,31)/t12-,23-/m0/s1. The third-order valence-electron chi connectivity index (χ3n) is 5.75. The molecular formula is C23H20F4N4O. The molecule has 4 rings (SSSR count). The molecule has 0 unspecified atom stereocenters. The average molecular weight is 444 g/mol. The highest BCUT2D eigenvalue weighted by Gasteiger charge is 2.45. The van der Waals surface area contributed by atoms with Gasteiger partial charge in [-0.3, -0.25) is 9.78 Å². The van der Waals surface area contributed by atoms with E-state index in [9.17, 15) is 22.4 Å². The lowest BCUT2D eigenvalue weighted by Crippen LogP contribution is -2.41. The van der Waals surface area contributed by atoms with Crippen LogP contribution in [0.3, 0.4) is 0 Å². The topological polar surface area (TPSA) is 70.1 Å². The second-order valence-corrected chi connectivity index (χ2v) is 7.55. The van der Waals surface area contributed by atoms with Gasteiger partial charge in [-0.25, -0.2) is 22.6 Å². The zero-order valence-corrected chi connectivity index (χ0v) is 17.3. The molecule has 0 radical (unpaired) electrons. The van der Waals surface area contributed by atoms with Crippen LogP contribution in [0.5, 0.6) is 0 Å². The Bertz CT molecular complexity index is 1220. The van der Waals surface area contributed by atoms with E-state index in [1.807, 2.05) is 6.92 Å². The highest BCUT2D eigenvalue weighted by atomic mass is 19.3. The van der Waals surface area contributed by atoms with Crippen LogP contribution in [0.25, 0.3) is 0 Å². The minimum absolute atomic E-state index is 0.202. The van der Waals surface area contributed by atoms with Gasteiger partial charge < -0.3 is 10.3 Å². The molecular weight excluding hydrogens is 424 g/mol. The number of halogens is 4. The highest BCUT2D eigenvalue weighted by molar-refractivity contribution is 6.02. The van der Waals surface area contributed by atoms with Crippen molar-refractivity contribution >= 4 is 5.84 Å². The number of alkyl halides is 2. The monoisotopic (exact) mass is 444 g/mol. The van der Waals surface area contributed by atoms with Gasteiger partial charge in [-0.2, -0.15) is 0 Å². The zero-order chi connectivity index (χ0) is 23.0. The van der Waals surface area contributed by atoms with E-state index in [1.165, 1.54) is 36.7 Å². The molecule has 0 fully saturated rings. The van der Waals surface area contributed by atoms with Crippen molar-refractivity contribution in [1.82, 2.24) is 15.3 Å². The number of amidine groups is 1. The fourth-order valence-corrected chi connectivity index (χ4v) is 4.11. The molecule has 1 aliphatic rings. The maximum atomic E-state index is 14.5. The number of pyridine rings is 2. The molecule has 3 aromatic rings. The van der Waals surface area contributed by atoms with E-state index < -0.39 is 35.2 Å². The van der Waals surface area contributed by atoms with Crippen molar-refractivity contribution in [2.45, 2.75) is 38.3 Å². The lowest BCUT2D eigenvalue weighted by atomic mass is 9.79. The first-order chi connectivity index (χ1) is 15.3. The molecule has 2 aromatic heterocycles. The first-order valence-corrected chi connectivity index (χ1v) is 10.0. The quantitative estimate of drug-likeness (QED) is 0.579. The Kier molecular flexibility index (Phi) is 5.58. The van der Waals surface area contributed by atoms with E-state index in [0.717, 1.165) is 0 Å². The van der Waals surface area contributed by atoms with Gasteiger partial charge in [0.25, 0.3) is 12.0 Å². The summed E-state index contributed by atoms with van der Waals surface area (Å²) in [6, 6.07) is 8.01. The summed E-state index contributed by atoms with van der Waals surface area (Å²) >= 11 is 0. The van der Waals surface area contributed by atoms with Gasteiger partial charge in [-0.1, -0.05) is 25.1 Å². The van der Waals surface area contributed by atoms with Crippen LogP contribution in [0.1, 0.15) is 48.2 Å². The van der Waals surface area contributed by atoms with Crippen LogP contribution < -0.4 is 10.9 Å². The number of nitrogens with one attached hydrogen (secondary N) is 2. The van der Waals surface area contributed by atoms with Crippen LogP contribution in [0.2, 0.25) is 0 Å². The Morgan fingerprint density at radius 2 is 1.78 bits per heavy atom. The molecule has 32 heavy (non-hydrogen) atoms. The summed E-state index contributed by atoms with van der Waals surface area (Å²) in [7, 11) is 0. The first-order valence-electron chi connectivity index (χ1n) is 10.0. The van der Waals surface area contributed by atoms with E-state index in [1.54, 1.807) is 19.1 Å². The number of aliphatic imine (C=N–C) groups is 1. The Morgan fingerprint density at radius 1 is 1.09 bits per heavy atom. The lowest BCUT2D eigenvalue weighted by Gasteiger charge is -2.31. The fourth-order valence-electron chi connectivity index (χ4n) is 4.11. The van der Waals surface area contributed by atoms with E-state index >= 15 is 0 Å². The molecule has 0 spiro atoms. The van der Waals surface area contributed by atoms with Crippen LogP contribution >= 0.6 is 0 Å². The number of benzene rings is 1. The van der Waals surface area contributed by atoms with E-state index in [4.69, 9.17) is 4.99 Å². The Hall–Kier alpha value is -3.49. The molecule has 0 amide bonds. The van der Waals surface area contributed by atoms with Crippen molar-refractivity contribution in [3.63, 3.8) is 0 Å². The fraction of sp³-hybridized carbons (Fsp3) is 0.261. The Labute approximate surface area is 181 Å². The van der Waals surface area contributed by atoms with Crippen LogP contribution in [0.15, 0.2) is 58.6 Å².